The predicted molar refractivity (Wildman–Crippen MR) is 179 cm³/mol. The lowest BCUT2D eigenvalue weighted by atomic mass is 9.94. The first-order chi connectivity index (χ1) is 19.1. The molecule has 2 aliphatic rings. The highest BCUT2D eigenvalue weighted by atomic mass is 79.9. The smallest absolute Gasteiger partial charge is 0.0834 e. The van der Waals surface area contributed by atoms with Gasteiger partial charge in [-0.1, -0.05) is 74.5 Å². The van der Waals surface area contributed by atoms with E-state index in [1.54, 1.807) is 22.7 Å². The van der Waals surface area contributed by atoms with E-state index in [0.29, 0.717) is 24.9 Å². The van der Waals surface area contributed by atoms with Crippen molar-refractivity contribution in [2.45, 2.75) is 45.3 Å². The molecule has 4 heterocycles. The number of ether oxygens (including phenoxy) is 2. The molecule has 6 rings (SSSR count). The monoisotopic (exact) mass is 726 g/mol. The van der Waals surface area contributed by atoms with Gasteiger partial charge in [0.2, 0.25) is 0 Å². The summed E-state index contributed by atoms with van der Waals surface area (Å²) < 4.78 is 14.0. The number of rotatable bonds is 9. The fourth-order valence-corrected chi connectivity index (χ4v) is 7.05. The van der Waals surface area contributed by atoms with E-state index in [4.69, 9.17) is 9.47 Å². The first-order valence-electron chi connectivity index (χ1n) is 13.4. The molecule has 9 heteroatoms. The second kappa shape index (κ2) is 17.8. The quantitative estimate of drug-likeness (QED) is 0.187. The van der Waals surface area contributed by atoms with E-state index in [0.717, 1.165) is 41.7 Å². The minimum absolute atomic E-state index is 0. The first-order valence-corrected chi connectivity index (χ1v) is 16.7. The van der Waals surface area contributed by atoms with Crippen molar-refractivity contribution in [2.24, 2.45) is 0 Å². The van der Waals surface area contributed by atoms with Crippen molar-refractivity contribution in [1.82, 2.24) is 10.2 Å². The molecule has 4 nitrogen and oxygen atoms in total. The van der Waals surface area contributed by atoms with Gasteiger partial charge in [0.1, 0.15) is 0 Å². The Kier molecular flexibility index (Phi) is 14.9. The Balaban J connectivity index is 0.000000248. The van der Waals surface area contributed by atoms with E-state index >= 15 is 0 Å². The molecule has 0 radical (unpaired) electrons. The van der Waals surface area contributed by atoms with E-state index in [9.17, 15) is 0 Å². The molecule has 0 saturated carbocycles. The summed E-state index contributed by atoms with van der Waals surface area (Å²) in [6, 6.07) is 26.0. The Morgan fingerprint density at radius 1 is 0.775 bits per heavy atom. The number of halogens is 3. The number of hydrogen-bond acceptors (Lipinski definition) is 6. The van der Waals surface area contributed by atoms with Crippen molar-refractivity contribution in [1.29, 1.82) is 0 Å². The van der Waals surface area contributed by atoms with Crippen LogP contribution in [0.2, 0.25) is 0 Å². The summed E-state index contributed by atoms with van der Waals surface area (Å²) in [6.45, 7) is 9.42. The zero-order chi connectivity index (χ0) is 27.5. The molecule has 2 aliphatic heterocycles. The minimum atomic E-state index is 0. The normalized spacial score (nSPS) is 15.1. The Bertz CT molecular complexity index is 1190. The zero-order valence-corrected chi connectivity index (χ0v) is 28.4. The molecule has 2 aromatic heterocycles. The maximum atomic E-state index is 6.08. The Morgan fingerprint density at radius 2 is 1.23 bits per heavy atom. The van der Waals surface area contributed by atoms with Crippen LogP contribution in [-0.2, 0) is 22.7 Å². The van der Waals surface area contributed by atoms with Crippen molar-refractivity contribution in [3.63, 3.8) is 0 Å². The molecule has 2 aromatic carbocycles. The average molecular weight is 729 g/mol. The van der Waals surface area contributed by atoms with Gasteiger partial charge in [-0.25, -0.2) is 0 Å². The van der Waals surface area contributed by atoms with Crippen LogP contribution in [0, 0.1) is 0 Å². The van der Waals surface area contributed by atoms with Gasteiger partial charge in [-0.15, -0.1) is 35.1 Å². The molecule has 0 unspecified atom stereocenters. The van der Waals surface area contributed by atoms with Gasteiger partial charge in [-0.05, 0) is 55.1 Å². The summed E-state index contributed by atoms with van der Waals surface area (Å²) in [5.74, 6) is 0. The van der Waals surface area contributed by atoms with Crippen LogP contribution in [0.25, 0.3) is 0 Å². The maximum Gasteiger partial charge on any atom is 0.0834 e. The van der Waals surface area contributed by atoms with Gasteiger partial charge >= 0.3 is 0 Å². The van der Waals surface area contributed by atoms with Crippen LogP contribution in [-0.4, -0.2) is 43.3 Å². The summed E-state index contributed by atoms with van der Waals surface area (Å²) in [4.78, 5) is 5.06. The number of nitrogens with zero attached hydrogens (tertiary/aromatic N) is 1. The largest absolute Gasteiger partial charge is 0.370 e. The van der Waals surface area contributed by atoms with Gasteiger partial charge in [0, 0.05) is 55.6 Å². The number of benzene rings is 2. The third-order valence-electron chi connectivity index (χ3n) is 6.38. The molecule has 216 valence electrons. The molecule has 0 spiro atoms. The lowest BCUT2D eigenvalue weighted by Gasteiger charge is -2.44. The van der Waals surface area contributed by atoms with E-state index in [2.05, 4.69) is 126 Å². The topological polar surface area (TPSA) is 33.7 Å². The molecule has 2 saturated heterocycles. The standard InChI is InChI=1S/C21H20BrNOS.C8H10BrNOS.C2H6.ClH/c22-18-11-20(25-15-18)14-24-19-12-23(13-19)21(16-7-3-1-4-8-16)17-9-5-2-6-10-17;9-6-1-8(12-5-6)4-11-7-2-10-3-7;1-2;/h1-11,15,19,21H,12-14H2;1,5,7,10H,2-4H2;1-2H3;1H. The Labute approximate surface area is 269 Å². The first kappa shape index (κ1) is 33.4. The van der Waals surface area contributed by atoms with Crippen molar-refractivity contribution in [3.05, 3.63) is 113 Å². The van der Waals surface area contributed by atoms with Crippen LogP contribution < -0.4 is 5.32 Å². The van der Waals surface area contributed by atoms with Crippen LogP contribution >= 0.6 is 66.9 Å². The molecule has 0 amide bonds. The predicted octanol–water partition coefficient (Wildman–Crippen LogP) is 8.95. The SMILES string of the molecule is Brc1csc(COC2CN(C(c3ccccc3)c3ccccc3)C2)c1.Brc1csc(COC2CNC2)c1.CC.Cl. The molecule has 1 N–H and O–H groups in total. The zero-order valence-electron chi connectivity index (χ0n) is 22.8. The van der Waals surface area contributed by atoms with E-state index in [1.807, 2.05) is 13.8 Å². The Hall–Kier alpha value is -1.07. The maximum absolute atomic E-state index is 6.08. The number of thiophene rings is 2. The van der Waals surface area contributed by atoms with Crippen molar-refractivity contribution >= 4 is 66.9 Å². The minimum Gasteiger partial charge on any atom is -0.370 e. The van der Waals surface area contributed by atoms with Crippen LogP contribution in [0.3, 0.4) is 0 Å². The highest BCUT2D eigenvalue weighted by Crippen LogP contribution is 2.33. The molecule has 4 aromatic rings. The van der Waals surface area contributed by atoms with Gasteiger partial charge in [-0.3, -0.25) is 4.90 Å². The van der Waals surface area contributed by atoms with Crippen LogP contribution in [0.5, 0.6) is 0 Å². The van der Waals surface area contributed by atoms with Crippen molar-refractivity contribution < 1.29 is 9.47 Å². The van der Waals surface area contributed by atoms with Gasteiger partial charge in [0.25, 0.3) is 0 Å². The lowest BCUT2D eigenvalue weighted by Crippen LogP contribution is -2.53. The van der Waals surface area contributed by atoms with Crippen LogP contribution in [0.4, 0.5) is 0 Å². The second-order valence-electron chi connectivity index (χ2n) is 9.16. The molecule has 0 atom stereocenters. The van der Waals surface area contributed by atoms with E-state index in [-0.39, 0.29) is 12.4 Å². The molecular weight excluding hydrogens is 692 g/mol. The summed E-state index contributed by atoms with van der Waals surface area (Å²) in [7, 11) is 0. The number of nitrogens with one attached hydrogen (secondary N) is 1. The fourth-order valence-electron chi connectivity index (χ4n) is 4.31. The molecular formula is C31H37Br2ClN2O2S2. The van der Waals surface area contributed by atoms with Crippen LogP contribution in [0.1, 0.15) is 40.8 Å². The highest BCUT2D eigenvalue weighted by Gasteiger charge is 2.34. The van der Waals surface area contributed by atoms with E-state index in [1.165, 1.54) is 20.9 Å². The van der Waals surface area contributed by atoms with Gasteiger partial charge in [0.05, 0.1) is 31.5 Å². The Morgan fingerprint density at radius 3 is 1.60 bits per heavy atom. The van der Waals surface area contributed by atoms with Crippen molar-refractivity contribution in [3.8, 4) is 0 Å². The molecule has 2 fully saturated rings. The third-order valence-corrected chi connectivity index (χ3v) is 9.72. The van der Waals surface area contributed by atoms with Gasteiger partial charge in [0.15, 0.2) is 0 Å². The summed E-state index contributed by atoms with van der Waals surface area (Å²) >= 11 is 10.4. The molecule has 0 aliphatic carbocycles. The number of hydrogen-bond donors (Lipinski definition) is 1. The third kappa shape index (κ3) is 10.0. The van der Waals surface area contributed by atoms with Gasteiger partial charge < -0.3 is 14.8 Å². The highest BCUT2D eigenvalue weighted by molar-refractivity contribution is 9.10. The molecule has 0 bridgehead atoms. The van der Waals surface area contributed by atoms with E-state index < -0.39 is 0 Å². The van der Waals surface area contributed by atoms with Crippen LogP contribution in [0.15, 0.2) is 92.5 Å². The fraction of sp³-hybridized carbons (Fsp3) is 0.355. The lowest BCUT2D eigenvalue weighted by molar-refractivity contribution is -0.0733. The summed E-state index contributed by atoms with van der Waals surface area (Å²) in [5.41, 5.74) is 2.68. The molecule has 40 heavy (non-hydrogen) atoms. The second-order valence-corrected chi connectivity index (χ2v) is 13.0. The average Bonchev–Trinajstić information content (AvgIpc) is 3.54. The summed E-state index contributed by atoms with van der Waals surface area (Å²) in [5, 5.41) is 7.36. The van der Waals surface area contributed by atoms with Crippen molar-refractivity contribution in [2.75, 3.05) is 26.2 Å². The summed E-state index contributed by atoms with van der Waals surface area (Å²) in [6.07, 6.45) is 0.752. The number of likely N-dealkylation sites (tertiary alicyclic amines) is 1. The van der Waals surface area contributed by atoms with Gasteiger partial charge in [-0.2, -0.15) is 0 Å².